The normalized spacial score (nSPS) is 18.8. The summed E-state index contributed by atoms with van der Waals surface area (Å²) < 4.78 is 68.7. The maximum atomic E-state index is 13.3. The van der Waals surface area contributed by atoms with E-state index in [0.717, 1.165) is 37.1 Å². The van der Waals surface area contributed by atoms with Gasteiger partial charge in [0.15, 0.2) is 0 Å². The van der Waals surface area contributed by atoms with Gasteiger partial charge in [-0.05, 0) is 62.8 Å². The smallest absolute Gasteiger partial charge is 0.250 e. The number of aryl methyl sites for hydroxylation is 2. The molecule has 0 spiro atoms. The molecule has 2 atom stereocenters. The van der Waals surface area contributed by atoms with Gasteiger partial charge in [0, 0.05) is 55.4 Å². The van der Waals surface area contributed by atoms with Crippen LogP contribution in [-0.4, -0.2) is 217 Å². The van der Waals surface area contributed by atoms with Crippen LogP contribution in [0.15, 0.2) is 30.3 Å². The van der Waals surface area contributed by atoms with Crippen molar-refractivity contribution in [3.63, 3.8) is 0 Å². The predicted octanol–water partition coefficient (Wildman–Crippen LogP) is 2.77. The second kappa shape index (κ2) is 37.9. The molecule has 2 amide bonds. The molecule has 388 valence electrons. The minimum Gasteiger partial charge on any atom is -0.377 e. The van der Waals surface area contributed by atoms with Crippen LogP contribution in [0.1, 0.15) is 48.6 Å². The van der Waals surface area contributed by atoms with Crippen LogP contribution < -0.4 is 10.6 Å². The molecule has 68 heavy (non-hydrogen) atoms. The summed E-state index contributed by atoms with van der Waals surface area (Å²) in [5.41, 5.74) is 3.59. The number of nitrogens with zero attached hydrogens (tertiary/aromatic N) is 3. The van der Waals surface area contributed by atoms with Crippen molar-refractivity contribution in [1.29, 1.82) is 0 Å². The number of ether oxygens (including phenoxy) is 12. The molecule has 0 radical (unpaired) electrons. The summed E-state index contributed by atoms with van der Waals surface area (Å²) in [6, 6.07) is 10.8. The third kappa shape index (κ3) is 25.8. The maximum absolute atomic E-state index is 13.3. The molecular formula is C48H80ClN5O14. The number of carbonyl (C=O) groups excluding carboxylic acids is 2. The summed E-state index contributed by atoms with van der Waals surface area (Å²) in [6.45, 7) is 14.4. The molecular weight excluding hydrogens is 906 g/mol. The Labute approximate surface area is 408 Å². The van der Waals surface area contributed by atoms with Crippen molar-refractivity contribution < 1.29 is 66.4 Å². The number of benzene rings is 1. The Hall–Kier alpha value is -2.86. The van der Waals surface area contributed by atoms with Gasteiger partial charge in [0.25, 0.3) is 5.91 Å². The zero-order valence-corrected chi connectivity index (χ0v) is 41.4. The molecule has 1 aliphatic carbocycles. The number of amides is 2. The Bertz CT molecular complexity index is 1540. The van der Waals surface area contributed by atoms with Gasteiger partial charge in [-0.1, -0.05) is 23.7 Å². The zero-order chi connectivity index (χ0) is 48.1. The standard InChI is InChI=1S/C48H80ClN5O14/c1-40-35-46(52-53(40)2)42-5-9-44(10-6-42)54-37-47(68-38-45(54)36-41-3-7-43(49)8-4-41)48(56)51-12-14-58-16-18-60-20-22-62-24-26-64-28-30-66-32-34-67-33-31-65-29-27-63-25-23-61-21-19-59-17-15-57-13-11-50-39-55/h3-4,7-8,35,39,42,44-45,47H,5-6,9-34,36-38H2,1-2H3,(H,50,55)(H,51,56). The lowest BCUT2D eigenvalue weighted by molar-refractivity contribution is -0.145. The van der Waals surface area contributed by atoms with Gasteiger partial charge in [-0.25, -0.2) is 0 Å². The number of morpholine rings is 1. The van der Waals surface area contributed by atoms with Crippen LogP contribution in [0, 0.1) is 6.92 Å². The number of hydrogen-bond donors (Lipinski definition) is 2. The van der Waals surface area contributed by atoms with Crippen LogP contribution in [0.25, 0.3) is 0 Å². The van der Waals surface area contributed by atoms with Crippen molar-refractivity contribution in [2.75, 3.05) is 172 Å². The van der Waals surface area contributed by atoms with E-state index in [-0.39, 0.29) is 11.9 Å². The van der Waals surface area contributed by atoms with Crippen LogP contribution in [0.3, 0.4) is 0 Å². The molecule has 20 heteroatoms. The number of halogens is 1. The molecule has 2 heterocycles. The molecule has 2 unspecified atom stereocenters. The molecule has 1 saturated heterocycles. The molecule has 4 rings (SSSR count). The van der Waals surface area contributed by atoms with Gasteiger partial charge in [-0.3, -0.25) is 19.2 Å². The average Bonchev–Trinajstić information content (AvgIpc) is 3.70. The van der Waals surface area contributed by atoms with Crippen molar-refractivity contribution in [2.45, 2.75) is 63.1 Å². The van der Waals surface area contributed by atoms with Crippen LogP contribution in [0.4, 0.5) is 0 Å². The maximum Gasteiger partial charge on any atom is 0.250 e. The second-order valence-electron chi connectivity index (χ2n) is 16.4. The molecule has 1 aliphatic heterocycles. The monoisotopic (exact) mass is 986 g/mol. The van der Waals surface area contributed by atoms with E-state index in [1.807, 2.05) is 23.9 Å². The van der Waals surface area contributed by atoms with E-state index in [4.69, 9.17) is 73.5 Å². The molecule has 2 N–H and O–H groups in total. The fourth-order valence-electron chi connectivity index (χ4n) is 7.73. The van der Waals surface area contributed by atoms with E-state index in [2.05, 4.69) is 40.7 Å². The zero-order valence-electron chi connectivity index (χ0n) is 40.6. The molecule has 1 aromatic carbocycles. The van der Waals surface area contributed by atoms with E-state index in [9.17, 15) is 9.59 Å². The minimum absolute atomic E-state index is 0.103. The highest BCUT2D eigenvalue weighted by atomic mass is 35.5. The highest BCUT2D eigenvalue weighted by Crippen LogP contribution is 2.36. The lowest BCUT2D eigenvalue weighted by Crippen LogP contribution is -2.58. The molecule has 1 aromatic heterocycles. The number of hydrogen-bond acceptors (Lipinski definition) is 16. The van der Waals surface area contributed by atoms with E-state index >= 15 is 0 Å². The summed E-state index contributed by atoms with van der Waals surface area (Å²) in [7, 11) is 2.01. The molecule has 2 aromatic rings. The quantitative estimate of drug-likeness (QED) is 0.0729. The number of carbonyl (C=O) groups is 2. The highest BCUT2D eigenvalue weighted by Gasteiger charge is 2.38. The van der Waals surface area contributed by atoms with Gasteiger partial charge in [0.2, 0.25) is 6.41 Å². The summed E-state index contributed by atoms with van der Waals surface area (Å²) in [6.07, 6.45) is 5.26. The van der Waals surface area contributed by atoms with Crippen molar-refractivity contribution in [2.24, 2.45) is 7.05 Å². The number of nitrogens with one attached hydrogen (secondary N) is 2. The van der Waals surface area contributed by atoms with Crippen LogP contribution >= 0.6 is 11.6 Å². The van der Waals surface area contributed by atoms with Gasteiger partial charge >= 0.3 is 0 Å². The first-order valence-electron chi connectivity index (χ1n) is 24.4. The first-order chi connectivity index (χ1) is 33.4. The topological polar surface area (TPSA) is 190 Å². The highest BCUT2D eigenvalue weighted by molar-refractivity contribution is 6.30. The fraction of sp³-hybridized carbons (Fsp3) is 0.771. The number of rotatable bonds is 42. The van der Waals surface area contributed by atoms with Crippen molar-refractivity contribution in [3.8, 4) is 0 Å². The molecule has 2 aliphatic rings. The Balaban J connectivity index is 0.875. The Morgan fingerprint density at radius 3 is 1.50 bits per heavy atom. The van der Waals surface area contributed by atoms with Gasteiger partial charge < -0.3 is 67.5 Å². The van der Waals surface area contributed by atoms with E-state index in [1.54, 1.807) is 0 Å². The SMILES string of the molecule is Cc1cc(C2CCC(N3CC(C(=O)NCCOCCOCCOCCOCCOCCOCCOCCOCCOCCOCCOCCNC=O)OCC3Cc3ccc(Cl)cc3)CC2)nn1C. The second-order valence-corrected chi connectivity index (χ2v) is 16.9. The van der Waals surface area contributed by atoms with E-state index in [1.165, 1.54) is 17.0 Å². The molecule has 2 fully saturated rings. The molecule has 19 nitrogen and oxygen atoms in total. The third-order valence-electron chi connectivity index (χ3n) is 11.5. The largest absolute Gasteiger partial charge is 0.377 e. The van der Waals surface area contributed by atoms with Crippen LogP contribution in [-0.2, 0) is 79.9 Å². The van der Waals surface area contributed by atoms with E-state index < -0.39 is 6.10 Å². The van der Waals surface area contributed by atoms with Gasteiger partial charge in [-0.15, -0.1) is 0 Å². The Morgan fingerprint density at radius 2 is 1.09 bits per heavy atom. The van der Waals surface area contributed by atoms with Crippen molar-refractivity contribution in [3.05, 3.63) is 52.3 Å². The van der Waals surface area contributed by atoms with Crippen molar-refractivity contribution >= 4 is 23.9 Å². The third-order valence-corrected chi connectivity index (χ3v) is 11.7. The van der Waals surface area contributed by atoms with Crippen LogP contribution in [0.5, 0.6) is 0 Å². The minimum atomic E-state index is -0.532. The van der Waals surface area contributed by atoms with Gasteiger partial charge in [0.05, 0.1) is 158 Å². The van der Waals surface area contributed by atoms with E-state index in [0.29, 0.717) is 190 Å². The summed E-state index contributed by atoms with van der Waals surface area (Å²) in [4.78, 5) is 25.9. The fourth-order valence-corrected chi connectivity index (χ4v) is 7.86. The Morgan fingerprint density at radius 1 is 0.662 bits per heavy atom. The summed E-state index contributed by atoms with van der Waals surface area (Å²) in [5, 5.41) is 11.0. The van der Waals surface area contributed by atoms with Gasteiger partial charge in [-0.2, -0.15) is 5.10 Å². The molecule has 1 saturated carbocycles. The first kappa shape index (κ1) is 57.7. The first-order valence-corrected chi connectivity index (χ1v) is 24.7. The lowest BCUT2D eigenvalue weighted by atomic mass is 9.82. The lowest BCUT2D eigenvalue weighted by Gasteiger charge is -2.45. The average molecular weight is 987 g/mol. The Kier molecular flexibility index (Phi) is 32.2. The summed E-state index contributed by atoms with van der Waals surface area (Å²) in [5.74, 6) is 0.368. The molecule has 0 bridgehead atoms. The number of aromatic nitrogens is 2. The summed E-state index contributed by atoms with van der Waals surface area (Å²) >= 11 is 6.17. The van der Waals surface area contributed by atoms with Gasteiger partial charge in [0.1, 0.15) is 6.10 Å². The van der Waals surface area contributed by atoms with Crippen molar-refractivity contribution in [1.82, 2.24) is 25.3 Å². The predicted molar refractivity (Wildman–Crippen MR) is 254 cm³/mol. The van der Waals surface area contributed by atoms with Crippen LogP contribution in [0.2, 0.25) is 5.02 Å².